The molecule has 3 aliphatic rings. The molecule has 0 unspecified atom stereocenters. The lowest BCUT2D eigenvalue weighted by molar-refractivity contribution is -0.163. The maximum atomic E-state index is 14.2. The number of carbonyl (C=O) groups is 6. The van der Waals surface area contributed by atoms with E-state index in [0.717, 1.165) is 10.5 Å². The van der Waals surface area contributed by atoms with Gasteiger partial charge in [-0.1, -0.05) is 42.3 Å². The third kappa shape index (κ3) is 17.4. The molecule has 24 heteroatoms. The van der Waals surface area contributed by atoms with Crippen molar-refractivity contribution < 1.29 is 76.9 Å². The largest absolute Gasteiger partial charge is 0.495 e. The Morgan fingerprint density at radius 2 is 1.62 bits per heavy atom. The van der Waals surface area contributed by atoms with Gasteiger partial charge in [0.2, 0.25) is 23.6 Å². The van der Waals surface area contributed by atoms with E-state index in [1.165, 1.54) is 37.1 Å². The number of benzene rings is 1. The highest BCUT2D eigenvalue weighted by Gasteiger charge is 2.65. The molecule has 3 aliphatic heterocycles. The lowest BCUT2D eigenvalue weighted by Gasteiger charge is -2.41. The van der Waals surface area contributed by atoms with Crippen LogP contribution >= 0.6 is 11.6 Å². The number of methoxy groups -OCH3 is 1. The SMILES string of the molecule is COc1cc2cc(c1Cl)N(C)C(=O)C[C@H](OC(=O)[C@H](N)N(C)C(=O)CCCC(=O)NCCOCCOCCOCCOCCC(=O)N(C)C)[C@]1(N)O[C@H]1[C@H](C)[C@@H]1C[C@@](O)(NC(=O)O1)[C@H](O)/C=C/C=C(\C)C2. The van der Waals surface area contributed by atoms with Crippen LogP contribution in [-0.2, 0) is 63.6 Å². The molecule has 8 N–H and O–H groups in total. The highest BCUT2D eigenvalue weighted by atomic mass is 35.5. The number of likely N-dealkylation sites (N-methyl/N-ethyl adjacent to an activating group) is 1. The van der Waals surface area contributed by atoms with Gasteiger partial charge in [0.1, 0.15) is 29.1 Å². The number of halogens is 1. The number of nitrogens with two attached hydrogens (primary N) is 2. The predicted molar refractivity (Wildman–Crippen MR) is 257 cm³/mol. The van der Waals surface area contributed by atoms with Gasteiger partial charge in [0.05, 0.1) is 78.5 Å². The zero-order chi connectivity index (χ0) is 52.5. The van der Waals surface area contributed by atoms with Gasteiger partial charge in [0.25, 0.3) is 0 Å². The molecule has 2 fully saturated rings. The van der Waals surface area contributed by atoms with Gasteiger partial charge in [0, 0.05) is 59.9 Å². The summed E-state index contributed by atoms with van der Waals surface area (Å²) in [4.78, 5) is 81.6. The lowest BCUT2D eigenvalue weighted by atomic mass is 9.86. The zero-order valence-corrected chi connectivity index (χ0v) is 42.4. The molecule has 2 saturated heterocycles. The number of nitrogens with one attached hydrogen (secondary N) is 2. The van der Waals surface area contributed by atoms with Crippen molar-refractivity contribution in [2.24, 2.45) is 17.4 Å². The molecule has 0 spiro atoms. The van der Waals surface area contributed by atoms with Gasteiger partial charge in [-0.2, -0.15) is 0 Å². The van der Waals surface area contributed by atoms with Crippen molar-refractivity contribution in [1.29, 1.82) is 0 Å². The quantitative estimate of drug-likeness (QED) is 0.0376. The summed E-state index contributed by atoms with van der Waals surface area (Å²) in [5, 5.41) is 27.6. The first kappa shape index (κ1) is 58.6. The van der Waals surface area contributed by atoms with Crippen LogP contribution in [0.15, 0.2) is 35.9 Å². The Kier molecular flexibility index (Phi) is 22.9. The van der Waals surface area contributed by atoms with Gasteiger partial charge in [-0.3, -0.25) is 30.2 Å². The number of nitrogens with zero attached hydrogens (tertiary/aromatic N) is 3. The first-order valence-electron chi connectivity index (χ1n) is 23.4. The van der Waals surface area contributed by atoms with Gasteiger partial charge >= 0.3 is 12.1 Å². The van der Waals surface area contributed by atoms with Gasteiger partial charge < -0.3 is 73.9 Å². The minimum absolute atomic E-state index is 0.000465. The molecule has 3 heterocycles. The van der Waals surface area contributed by atoms with E-state index in [0.29, 0.717) is 64.7 Å². The minimum atomic E-state index is -2.16. The normalized spacial score (nSPS) is 26.1. The van der Waals surface area contributed by atoms with E-state index in [4.69, 9.17) is 61.0 Å². The maximum absolute atomic E-state index is 14.2. The number of esters is 1. The number of carbonyl (C=O) groups excluding carboxylic acids is 6. The first-order valence-corrected chi connectivity index (χ1v) is 23.8. The summed E-state index contributed by atoms with van der Waals surface area (Å²) in [5.74, 6) is -3.15. The van der Waals surface area contributed by atoms with Crippen LogP contribution in [0.1, 0.15) is 57.9 Å². The van der Waals surface area contributed by atoms with Gasteiger partial charge in [-0.05, 0) is 37.5 Å². The number of aliphatic hydroxyl groups excluding tert-OH is 1. The molecule has 0 aliphatic carbocycles. The standard InChI is InChI=1S/C47H72ClN7O16/c1-29-10-8-11-35(56)46(63)28-34(69-45(62)52-46)30(2)42-47(50,71-42)36(27-40(60)54(5)32-25-31(24-29)26-33(64-7)41(32)48)70-44(61)43(49)55(6)39(59)13-9-12-37(57)51-15-17-66-19-21-68-23-22-67-20-18-65-16-14-38(58)53(3)4/h8,10-11,25-26,30,34-36,42-43,56,63H,9,12-24,27-28,49-50H2,1-7H3,(H,51,57)(H,52,62)/b11-8+,29-10+/t30-,34+,35-,36+,42+,43-,46+,47+/m1/s1. The molecule has 0 aromatic heterocycles. The van der Waals surface area contributed by atoms with Crippen LogP contribution in [-0.4, -0.2) is 192 Å². The topological polar surface area (TPSA) is 306 Å². The molecule has 23 nitrogen and oxygen atoms in total. The number of hydrogen-bond acceptors (Lipinski definition) is 18. The van der Waals surface area contributed by atoms with Crippen LogP contribution < -0.4 is 31.7 Å². The lowest BCUT2D eigenvalue weighted by Crippen LogP contribution is -2.63. The van der Waals surface area contributed by atoms with Crippen molar-refractivity contribution in [3.63, 3.8) is 0 Å². The van der Waals surface area contributed by atoms with Crippen molar-refractivity contribution in [3.8, 4) is 5.75 Å². The first-order chi connectivity index (χ1) is 33.6. The molecular weight excluding hydrogens is 954 g/mol. The van der Waals surface area contributed by atoms with E-state index in [-0.39, 0.29) is 67.1 Å². The van der Waals surface area contributed by atoms with Crippen molar-refractivity contribution in [3.05, 3.63) is 46.5 Å². The molecule has 0 radical (unpaired) electrons. The minimum Gasteiger partial charge on any atom is -0.495 e. The Hall–Kier alpha value is -4.95. The number of hydrogen-bond donors (Lipinski definition) is 6. The number of aliphatic hydroxyl groups is 2. The molecule has 398 valence electrons. The number of ether oxygens (including phenoxy) is 8. The highest BCUT2D eigenvalue weighted by Crippen LogP contribution is 2.46. The fourth-order valence-electron chi connectivity index (χ4n) is 7.71. The third-order valence-corrected chi connectivity index (χ3v) is 12.5. The van der Waals surface area contributed by atoms with Crippen LogP contribution in [0.3, 0.4) is 0 Å². The average molecular weight is 1030 g/mol. The third-order valence-electron chi connectivity index (χ3n) is 12.2. The molecule has 1 aromatic carbocycles. The zero-order valence-electron chi connectivity index (χ0n) is 41.6. The number of anilines is 1. The Morgan fingerprint density at radius 3 is 2.25 bits per heavy atom. The second-order valence-electron chi connectivity index (χ2n) is 17.8. The second kappa shape index (κ2) is 27.8. The number of rotatable bonds is 23. The van der Waals surface area contributed by atoms with Crippen LogP contribution in [0.2, 0.25) is 5.02 Å². The van der Waals surface area contributed by atoms with E-state index in [1.807, 2.05) is 6.92 Å². The van der Waals surface area contributed by atoms with Crippen molar-refractivity contribution >= 4 is 53.0 Å². The summed E-state index contributed by atoms with van der Waals surface area (Å²) < 4.78 is 44.6. The monoisotopic (exact) mass is 1030 g/mol. The summed E-state index contributed by atoms with van der Waals surface area (Å²) in [7, 11) is 7.57. The Bertz CT molecular complexity index is 2060. The maximum Gasteiger partial charge on any atom is 0.409 e. The van der Waals surface area contributed by atoms with Gasteiger partial charge in [0.15, 0.2) is 23.7 Å². The van der Waals surface area contributed by atoms with E-state index in [1.54, 1.807) is 45.3 Å². The summed E-state index contributed by atoms with van der Waals surface area (Å²) in [6.45, 7) is 6.37. The number of epoxide rings is 1. The van der Waals surface area contributed by atoms with Crippen LogP contribution in [0.5, 0.6) is 5.75 Å². The van der Waals surface area contributed by atoms with E-state index in [2.05, 4.69) is 10.6 Å². The van der Waals surface area contributed by atoms with E-state index in [9.17, 15) is 39.0 Å². The second-order valence-corrected chi connectivity index (χ2v) is 18.2. The number of allylic oxidation sites excluding steroid dienone is 3. The predicted octanol–water partition coefficient (Wildman–Crippen LogP) is 0.484. The molecule has 4 bridgehead atoms. The molecular formula is C47H72ClN7O16. The Morgan fingerprint density at radius 1 is 0.986 bits per heavy atom. The smallest absolute Gasteiger partial charge is 0.409 e. The number of fused-ring (bicyclic) bond motifs is 5. The molecule has 8 atom stereocenters. The van der Waals surface area contributed by atoms with Crippen molar-refractivity contribution in [2.75, 3.05) is 99.6 Å². The van der Waals surface area contributed by atoms with E-state index < -0.39 is 78.2 Å². The molecule has 71 heavy (non-hydrogen) atoms. The fraction of sp³-hybridized carbons (Fsp3) is 0.660. The highest BCUT2D eigenvalue weighted by molar-refractivity contribution is 6.35. The fourth-order valence-corrected chi connectivity index (χ4v) is 8.02. The van der Waals surface area contributed by atoms with Gasteiger partial charge in [-0.15, -0.1) is 0 Å². The summed E-state index contributed by atoms with van der Waals surface area (Å²) in [6, 6.07) is 3.40. The van der Waals surface area contributed by atoms with E-state index >= 15 is 0 Å². The van der Waals surface area contributed by atoms with Crippen molar-refractivity contribution in [2.45, 2.75) is 101 Å². The number of amides is 5. The molecule has 4 rings (SSSR count). The van der Waals surface area contributed by atoms with Crippen LogP contribution in [0, 0.1) is 5.92 Å². The molecule has 5 amide bonds. The average Bonchev–Trinajstić information content (AvgIpc) is 4.02. The Balaban J connectivity index is 1.30. The summed E-state index contributed by atoms with van der Waals surface area (Å²) in [6.07, 6.45) is -3.54. The van der Waals surface area contributed by atoms with Crippen LogP contribution in [0.4, 0.5) is 10.5 Å². The molecule has 0 saturated carbocycles. The van der Waals surface area contributed by atoms with Gasteiger partial charge in [-0.25, -0.2) is 9.59 Å². The van der Waals surface area contributed by atoms with Crippen molar-refractivity contribution in [1.82, 2.24) is 20.4 Å². The summed E-state index contributed by atoms with van der Waals surface area (Å²) >= 11 is 6.73. The van der Waals surface area contributed by atoms with Crippen LogP contribution in [0.25, 0.3) is 0 Å². The molecule has 1 aromatic rings. The summed E-state index contributed by atoms with van der Waals surface area (Å²) in [5.41, 5.74) is 10.8. The Labute approximate surface area is 419 Å². The number of alkyl carbamates (subject to hydrolysis) is 1.